The molecule has 2 aromatic heterocycles. The number of nitrogens with one attached hydrogen (secondary N) is 3. The Hall–Kier alpha value is -2.98. The zero-order valence-corrected chi connectivity index (χ0v) is 18.1. The largest absolute Gasteiger partial charge is 0.368 e. The van der Waals surface area contributed by atoms with E-state index >= 15 is 0 Å². The number of pyridine rings is 1. The molecular weight excluding hydrogens is 404 g/mol. The van der Waals surface area contributed by atoms with Crippen LogP contribution in [0.4, 0.5) is 10.7 Å². The molecule has 3 amide bonds. The number of piperazine rings is 1. The minimum absolute atomic E-state index is 0.184. The summed E-state index contributed by atoms with van der Waals surface area (Å²) >= 11 is 1.41. The van der Waals surface area contributed by atoms with Gasteiger partial charge in [0.2, 0.25) is 0 Å². The van der Waals surface area contributed by atoms with Gasteiger partial charge in [-0.15, -0.1) is 11.3 Å². The highest BCUT2D eigenvalue weighted by Gasteiger charge is 2.20. The van der Waals surface area contributed by atoms with Crippen molar-refractivity contribution < 1.29 is 14.4 Å². The maximum Gasteiger partial charge on any atom is 0.314 e. The van der Waals surface area contributed by atoms with E-state index in [9.17, 15) is 14.4 Å². The van der Waals surface area contributed by atoms with Crippen molar-refractivity contribution in [1.29, 1.82) is 0 Å². The molecule has 3 heterocycles. The van der Waals surface area contributed by atoms with Crippen molar-refractivity contribution in [3.05, 3.63) is 40.5 Å². The third-order valence-electron chi connectivity index (χ3n) is 4.96. The molecule has 0 unspecified atom stereocenters. The van der Waals surface area contributed by atoms with Crippen LogP contribution < -0.4 is 20.9 Å². The highest BCUT2D eigenvalue weighted by atomic mass is 32.1. The SMILES string of the molecule is CNC(=O)C(=O)Nc1cc(CN2CCN(c3ccc(C(=O)NC)nc3C)CC2)cs1. The molecule has 0 saturated carbocycles. The van der Waals surface area contributed by atoms with E-state index in [0.717, 1.165) is 49.7 Å². The number of likely N-dealkylation sites (N-methyl/N-ethyl adjacent to an activating group) is 1. The van der Waals surface area contributed by atoms with E-state index < -0.39 is 11.8 Å². The van der Waals surface area contributed by atoms with Gasteiger partial charge < -0.3 is 20.9 Å². The molecule has 2 aromatic rings. The Morgan fingerprint density at radius 3 is 2.43 bits per heavy atom. The predicted octanol–water partition coefficient (Wildman–Crippen LogP) is 0.818. The number of thiophene rings is 1. The molecular formula is C20H26N6O3S. The van der Waals surface area contributed by atoms with Gasteiger partial charge in [-0.05, 0) is 36.1 Å². The molecule has 0 aliphatic carbocycles. The van der Waals surface area contributed by atoms with E-state index in [0.29, 0.717) is 10.7 Å². The maximum absolute atomic E-state index is 11.7. The fraction of sp³-hybridized carbons (Fsp3) is 0.400. The van der Waals surface area contributed by atoms with Crippen LogP contribution in [0.1, 0.15) is 21.7 Å². The van der Waals surface area contributed by atoms with Crippen LogP contribution in [0.2, 0.25) is 0 Å². The quantitative estimate of drug-likeness (QED) is 0.607. The first kappa shape index (κ1) is 21.7. The normalized spacial score (nSPS) is 14.3. The van der Waals surface area contributed by atoms with Gasteiger partial charge in [0.05, 0.1) is 16.4 Å². The van der Waals surface area contributed by atoms with Crippen molar-refractivity contribution in [2.24, 2.45) is 0 Å². The zero-order valence-electron chi connectivity index (χ0n) is 17.3. The van der Waals surface area contributed by atoms with Crippen molar-refractivity contribution in [2.45, 2.75) is 13.5 Å². The first-order valence-electron chi connectivity index (χ1n) is 9.68. The number of aryl methyl sites for hydroxylation is 1. The number of carbonyl (C=O) groups excluding carboxylic acids is 3. The Morgan fingerprint density at radius 1 is 1.07 bits per heavy atom. The van der Waals surface area contributed by atoms with Gasteiger partial charge in [-0.25, -0.2) is 4.98 Å². The van der Waals surface area contributed by atoms with Crippen molar-refractivity contribution in [1.82, 2.24) is 20.5 Å². The number of nitrogens with zero attached hydrogens (tertiary/aromatic N) is 3. The molecule has 10 heteroatoms. The van der Waals surface area contributed by atoms with E-state index in [1.54, 1.807) is 13.1 Å². The van der Waals surface area contributed by atoms with Crippen molar-refractivity contribution in [2.75, 3.05) is 50.5 Å². The second-order valence-electron chi connectivity index (χ2n) is 7.00. The number of anilines is 2. The lowest BCUT2D eigenvalue weighted by atomic mass is 10.2. The van der Waals surface area contributed by atoms with Gasteiger partial charge >= 0.3 is 11.8 Å². The molecule has 3 N–H and O–H groups in total. The molecule has 30 heavy (non-hydrogen) atoms. The number of rotatable bonds is 5. The molecule has 1 aliphatic rings. The molecule has 9 nitrogen and oxygen atoms in total. The van der Waals surface area contributed by atoms with E-state index in [1.807, 2.05) is 24.4 Å². The third kappa shape index (κ3) is 5.14. The van der Waals surface area contributed by atoms with Gasteiger partial charge in [0.15, 0.2) is 0 Å². The fourth-order valence-electron chi connectivity index (χ4n) is 3.35. The molecule has 0 bridgehead atoms. The molecule has 3 rings (SSSR count). The average molecular weight is 431 g/mol. The highest BCUT2D eigenvalue weighted by Crippen LogP contribution is 2.24. The summed E-state index contributed by atoms with van der Waals surface area (Å²) in [5, 5.41) is 10.2. The van der Waals surface area contributed by atoms with Crippen molar-refractivity contribution in [3.63, 3.8) is 0 Å². The van der Waals surface area contributed by atoms with Crippen molar-refractivity contribution >= 4 is 39.7 Å². The van der Waals surface area contributed by atoms with Crippen molar-refractivity contribution in [3.8, 4) is 0 Å². The molecule has 0 radical (unpaired) electrons. The monoisotopic (exact) mass is 430 g/mol. The third-order valence-corrected chi connectivity index (χ3v) is 5.86. The Bertz CT molecular complexity index is 936. The lowest BCUT2D eigenvalue weighted by Crippen LogP contribution is -2.46. The standard InChI is InChI=1S/C20H26N6O3S/c1-13-16(5-4-15(23-13)18(27)21-2)26-8-6-25(7-9-26)11-14-10-17(30-12-14)24-20(29)19(28)22-3/h4-5,10,12H,6-9,11H2,1-3H3,(H,21,27)(H,22,28)(H,24,29). The van der Waals surface area contributed by atoms with Gasteiger partial charge in [-0.3, -0.25) is 19.3 Å². The lowest BCUT2D eigenvalue weighted by molar-refractivity contribution is -0.135. The summed E-state index contributed by atoms with van der Waals surface area (Å²) in [4.78, 5) is 43.8. The molecule has 0 spiro atoms. The predicted molar refractivity (Wildman–Crippen MR) is 117 cm³/mol. The summed E-state index contributed by atoms with van der Waals surface area (Å²) in [6.45, 7) is 6.23. The summed E-state index contributed by atoms with van der Waals surface area (Å²) in [6, 6.07) is 5.62. The first-order chi connectivity index (χ1) is 14.4. The Kier molecular flexibility index (Phi) is 7.01. The van der Waals surface area contributed by atoms with Gasteiger partial charge in [0, 0.05) is 46.8 Å². The molecule has 0 aromatic carbocycles. The number of amides is 3. The van der Waals surface area contributed by atoms with Crippen LogP contribution in [0, 0.1) is 6.92 Å². The first-order valence-corrected chi connectivity index (χ1v) is 10.6. The molecule has 1 fully saturated rings. The van der Waals surface area contributed by atoms with Crippen LogP contribution in [0.5, 0.6) is 0 Å². The summed E-state index contributed by atoms with van der Waals surface area (Å²) < 4.78 is 0. The summed E-state index contributed by atoms with van der Waals surface area (Å²) in [5.41, 5.74) is 3.43. The van der Waals surface area contributed by atoms with Gasteiger partial charge in [0.1, 0.15) is 5.69 Å². The van der Waals surface area contributed by atoms with Gasteiger partial charge in [0.25, 0.3) is 5.91 Å². The zero-order chi connectivity index (χ0) is 21.7. The molecule has 1 aliphatic heterocycles. The highest BCUT2D eigenvalue weighted by molar-refractivity contribution is 7.14. The molecule has 0 atom stereocenters. The van der Waals surface area contributed by atoms with Crippen LogP contribution >= 0.6 is 11.3 Å². The lowest BCUT2D eigenvalue weighted by Gasteiger charge is -2.36. The number of aromatic nitrogens is 1. The topological polar surface area (TPSA) is 107 Å². The number of hydrogen-bond donors (Lipinski definition) is 3. The van der Waals surface area contributed by atoms with Crippen LogP contribution in [-0.2, 0) is 16.1 Å². The minimum atomic E-state index is -0.661. The Labute approximate surface area is 179 Å². The average Bonchev–Trinajstić information content (AvgIpc) is 3.19. The van der Waals surface area contributed by atoms with E-state index in [2.05, 4.69) is 30.7 Å². The van der Waals surface area contributed by atoms with Crippen LogP contribution in [-0.4, -0.2) is 67.9 Å². The van der Waals surface area contributed by atoms with Crippen LogP contribution in [0.3, 0.4) is 0 Å². The van der Waals surface area contributed by atoms with E-state index in [-0.39, 0.29) is 5.91 Å². The summed E-state index contributed by atoms with van der Waals surface area (Å²) in [5.74, 6) is -1.50. The number of carbonyl (C=O) groups is 3. The summed E-state index contributed by atoms with van der Waals surface area (Å²) in [6.07, 6.45) is 0. The van der Waals surface area contributed by atoms with Gasteiger partial charge in [-0.1, -0.05) is 0 Å². The minimum Gasteiger partial charge on any atom is -0.368 e. The maximum atomic E-state index is 11.7. The molecule has 160 valence electrons. The smallest absolute Gasteiger partial charge is 0.314 e. The van der Waals surface area contributed by atoms with E-state index in [1.165, 1.54) is 18.4 Å². The van der Waals surface area contributed by atoms with E-state index in [4.69, 9.17) is 0 Å². The number of hydrogen-bond acceptors (Lipinski definition) is 7. The second kappa shape index (κ2) is 9.68. The van der Waals surface area contributed by atoms with Crippen LogP contribution in [0.15, 0.2) is 23.6 Å². The Balaban J connectivity index is 1.53. The second-order valence-corrected chi connectivity index (χ2v) is 7.91. The van der Waals surface area contributed by atoms with Crippen LogP contribution in [0.25, 0.3) is 0 Å². The molecule has 1 saturated heterocycles. The summed E-state index contributed by atoms with van der Waals surface area (Å²) in [7, 11) is 3.02. The Morgan fingerprint density at radius 2 is 1.80 bits per heavy atom. The van der Waals surface area contributed by atoms with Gasteiger partial charge in [-0.2, -0.15) is 0 Å². The fourth-order valence-corrected chi connectivity index (χ4v) is 4.15.